The van der Waals surface area contributed by atoms with Crippen LogP contribution in [-0.4, -0.2) is 63.0 Å². The largest absolute Gasteiger partial charge is 0.497 e. The van der Waals surface area contributed by atoms with Gasteiger partial charge in [0.05, 0.1) is 18.6 Å². The van der Waals surface area contributed by atoms with Crippen molar-refractivity contribution in [3.05, 3.63) is 24.3 Å². The minimum absolute atomic E-state index is 0.0270. The summed E-state index contributed by atoms with van der Waals surface area (Å²) in [6.45, 7) is 1.26. The Bertz CT molecular complexity index is 834. The minimum atomic E-state index is -3.00. The molecule has 2 aliphatic heterocycles. The number of carbonyl (C=O) groups is 2. The monoisotopic (exact) mass is 423 g/mol. The van der Waals surface area contributed by atoms with Crippen molar-refractivity contribution in [2.24, 2.45) is 5.92 Å². The number of anilines is 1. The number of benzene rings is 1. The van der Waals surface area contributed by atoms with Gasteiger partial charge in [0.2, 0.25) is 5.91 Å². The predicted molar refractivity (Wildman–Crippen MR) is 111 cm³/mol. The third-order valence-electron chi connectivity index (χ3n) is 5.59. The number of nitrogens with one attached hydrogen (secondary N) is 2. The molecule has 1 aromatic carbocycles. The smallest absolute Gasteiger partial charge is 0.317 e. The van der Waals surface area contributed by atoms with E-state index in [9.17, 15) is 18.0 Å². The maximum atomic E-state index is 12.3. The Morgan fingerprint density at radius 2 is 1.97 bits per heavy atom. The summed E-state index contributed by atoms with van der Waals surface area (Å²) in [7, 11) is -1.41. The fourth-order valence-electron chi connectivity index (χ4n) is 3.86. The van der Waals surface area contributed by atoms with Gasteiger partial charge in [0, 0.05) is 37.3 Å². The Labute approximate surface area is 171 Å². The molecule has 1 atom stereocenters. The summed E-state index contributed by atoms with van der Waals surface area (Å²) < 4.78 is 28.2. The maximum absolute atomic E-state index is 12.3. The number of rotatable bonds is 6. The van der Waals surface area contributed by atoms with Gasteiger partial charge in [0.1, 0.15) is 5.75 Å². The van der Waals surface area contributed by atoms with Crippen molar-refractivity contribution >= 4 is 27.5 Å². The van der Waals surface area contributed by atoms with Crippen LogP contribution in [0.2, 0.25) is 0 Å². The molecule has 9 heteroatoms. The van der Waals surface area contributed by atoms with E-state index in [1.807, 2.05) is 18.2 Å². The average molecular weight is 424 g/mol. The zero-order valence-corrected chi connectivity index (χ0v) is 17.5. The van der Waals surface area contributed by atoms with Crippen molar-refractivity contribution in [2.75, 3.05) is 37.0 Å². The van der Waals surface area contributed by atoms with E-state index in [1.54, 1.807) is 18.1 Å². The molecule has 0 aromatic heterocycles. The lowest BCUT2D eigenvalue weighted by atomic mass is 9.92. The van der Waals surface area contributed by atoms with Crippen LogP contribution in [0, 0.1) is 5.92 Å². The highest BCUT2D eigenvalue weighted by Crippen LogP contribution is 2.23. The van der Waals surface area contributed by atoms with Crippen LogP contribution in [-0.2, 0) is 14.6 Å². The lowest BCUT2D eigenvalue weighted by Gasteiger charge is -2.32. The first-order chi connectivity index (χ1) is 13.8. The van der Waals surface area contributed by atoms with Crippen LogP contribution in [0.3, 0.4) is 0 Å². The number of hydrogen-bond acceptors (Lipinski definition) is 5. The lowest BCUT2D eigenvalue weighted by Crippen LogP contribution is -2.48. The number of amides is 3. The second-order valence-electron chi connectivity index (χ2n) is 7.80. The van der Waals surface area contributed by atoms with E-state index >= 15 is 0 Å². The Balaban J connectivity index is 1.36. The van der Waals surface area contributed by atoms with Gasteiger partial charge in [-0.25, -0.2) is 13.2 Å². The molecule has 1 aromatic rings. The minimum Gasteiger partial charge on any atom is -0.497 e. The van der Waals surface area contributed by atoms with E-state index in [0.717, 1.165) is 24.9 Å². The van der Waals surface area contributed by atoms with Crippen molar-refractivity contribution in [1.82, 2.24) is 10.2 Å². The highest BCUT2D eigenvalue weighted by molar-refractivity contribution is 7.91. The number of piperidine rings is 1. The Hall–Kier alpha value is -2.29. The lowest BCUT2D eigenvalue weighted by molar-refractivity contribution is -0.116. The predicted octanol–water partition coefficient (Wildman–Crippen LogP) is 2.02. The van der Waals surface area contributed by atoms with E-state index in [4.69, 9.17) is 4.74 Å². The number of likely N-dealkylation sites (tertiary alicyclic amines) is 1. The molecule has 8 nitrogen and oxygen atoms in total. The molecule has 2 saturated heterocycles. The van der Waals surface area contributed by atoms with Crippen molar-refractivity contribution in [1.29, 1.82) is 0 Å². The second-order valence-corrected chi connectivity index (χ2v) is 10.0. The zero-order chi connectivity index (χ0) is 20.9. The highest BCUT2D eigenvalue weighted by atomic mass is 32.2. The van der Waals surface area contributed by atoms with Crippen molar-refractivity contribution in [3.63, 3.8) is 0 Å². The molecule has 2 aliphatic rings. The number of sulfone groups is 1. The van der Waals surface area contributed by atoms with Gasteiger partial charge in [-0.1, -0.05) is 6.07 Å². The fourth-order valence-corrected chi connectivity index (χ4v) is 5.53. The maximum Gasteiger partial charge on any atom is 0.317 e. The second kappa shape index (κ2) is 9.47. The highest BCUT2D eigenvalue weighted by Gasteiger charge is 2.31. The standard InChI is InChI=1S/C20H29N3O5S/c1-28-18-4-2-3-16(13-18)21-19(24)6-5-15-7-10-23(11-8-15)20(25)22-17-9-12-29(26,27)14-17/h2-4,13,15,17H,5-12,14H2,1H3,(H,21,24)(H,22,25)/t17-/m0/s1. The van der Waals surface area contributed by atoms with Gasteiger partial charge in [0.15, 0.2) is 9.84 Å². The molecule has 29 heavy (non-hydrogen) atoms. The van der Waals surface area contributed by atoms with Crippen LogP contribution < -0.4 is 15.4 Å². The molecule has 0 saturated carbocycles. The summed E-state index contributed by atoms with van der Waals surface area (Å²) >= 11 is 0. The number of methoxy groups -OCH3 is 1. The third-order valence-corrected chi connectivity index (χ3v) is 7.36. The molecule has 0 bridgehead atoms. The van der Waals surface area contributed by atoms with Crippen molar-refractivity contribution < 1.29 is 22.7 Å². The number of urea groups is 1. The summed E-state index contributed by atoms with van der Waals surface area (Å²) in [6.07, 6.45) is 3.42. The van der Waals surface area contributed by atoms with Gasteiger partial charge >= 0.3 is 6.03 Å². The van der Waals surface area contributed by atoms with Crippen LogP contribution in [0.1, 0.15) is 32.1 Å². The number of carbonyl (C=O) groups excluding carboxylic acids is 2. The van der Waals surface area contributed by atoms with Gasteiger partial charge in [-0.3, -0.25) is 4.79 Å². The quantitative estimate of drug-likeness (QED) is 0.728. The molecule has 2 heterocycles. The van der Waals surface area contributed by atoms with Gasteiger partial charge in [-0.05, 0) is 43.7 Å². The van der Waals surface area contributed by atoms with Gasteiger partial charge in [0.25, 0.3) is 0 Å². The van der Waals surface area contributed by atoms with E-state index < -0.39 is 9.84 Å². The molecular weight excluding hydrogens is 394 g/mol. The van der Waals surface area contributed by atoms with Crippen molar-refractivity contribution in [2.45, 2.75) is 38.1 Å². The fraction of sp³-hybridized carbons (Fsp3) is 0.600. The normalized spacial score (nSPS) is 21.6. The molecule has 2 fully saturated rings. The number of hydrogen-bond donors (Lipinski definition) is 2. The van der Waals surface area contributed by atoms with Crippen LogP contribution >= 0.6 is 0 Å². The zero-order valence-electron chi connectivity index (χ0n) is 16.7. The molecule has 3 rings (SSSR count). The van der Waals surface area contributed by atoms with E-state index in [2.05, 4.69) is 10.6 Å². The van der Waals surface area contributed by atoms with Crippen LogP contribution in [0.15, 0.2) is 24.3 Å². The number of nitrogens with zero attached hydrogens (tertiary/aromatic N) is 1. The molecule has 0 spiro atoms. The van der Waals surface area contributed by atoms with E-state index in [1.165, 1.54) is 0 Å². The number of ether oxygens (including phenoxy) is 1. The molecular formula is C20H29N3O5S. The molecule has 0 unspecified atom stereocenters. The Morgan fingerprint density at radius 3 is 2.62 bits per heavy atom. The van der Waals surface area contributed by atoms with Gasteiger partial charge in [-0.15, -0.1) is 0 Å². The summed E-state index contributed by atoms with van der Waals surface area (Å²) in [5.41, 5.74) is 0.717. The molecule has 0 aliphatic carbocycles. The van der Waals surface area contributed by atoms with Gasteiger partial charge in [-0.2, -0.15) is 0 Å². The van der Waals surface area contributed by atoms with Crippen molar-refractivity contribution in [3.8, 4) is 5.75 Å². The molecule has 2 N–H and O–H groups in total. The average Bonchev–Trinajstić information content (AvgIpc) is 3.05. The molecule has 3 amide bonds. The van der Waals surface area contributed by atoms with Gasteiger partial charge < -0.3 is 20.3 Å². The first-order valence-corrected chi connectivity index (χ1v) is 11.9. The Morgan fingerprint density at radius 1 is 1.21 bits per heavy atom. The van der Waals surface area contributed by atoms with E-state index in [0.29, 0.717) is 37.6 Å². The molecule has 160 valence electrons. The topological polar surface area (TPSA) is 105 Å². The molecule has 0 radical (unpaired) electrons. The SMILES string of the molecule is COc1cccc(NC(=O)CCC2CCN(C(=O)N[C@H]3CCS(=O)(=O)C3)CC2)c1. The first-order valence-electron chi connectivity index (χ1n) is 10.0. The third kappa shape index (κ3) is 6.35. The summed E-state index contributed by atoms with van der Waals surface area (Å²) in [4.78, 5) is 26.3. The van der Waals surface area contributed by atoms with Crippen LogP contribution in [0.4, 0.5) is 10.5 Å². The summed E-state index contributed by atoms with van der Waals surface area (Å²) in [5.74, 6) is 1.27. The van der Waals surface area contributed by atoms with E-state index in [-0.39, 0.29) is 29.5 Å². The Kier molecular flexibility index (Phi) is 7.00. The van der Waals surface area contributed by atoms with Crippen LogP contribution in [0.5, 0.6) is 5.75 Å². The first kappa shape index (κ1) is 21.4. The summed E-state index contributed by atoms with van der Waals surface area (Å²) in [6, 6.07) is 6.81. The van der Waals surface area contributed by atoms with Crippen LogP contribution in [0.25, 0.3) is 0 Å². The summed E-state index contributed by atoms with van der Waals surface area (Å²) in [5, 5.41) is 5.73.